The Morgan fingerprint density at radius 2 is 1.40 bits per heavy atom. The molecule has 0 aromatic heterocycles. The maximum Gasteiger partial charge on any atom is 0.112 e. The fourth-order valence-corrected chi connectivity index (χ4v) is 2.87. The molecule has 0 saturated heterocycles. The van der Waals surface area contributed by atoms with Crippen LogP contribution in [-0.4, -0.2) is 5.11 Å². The molecule has 0 spiro atoms. The lowest BCUT2D eigenvalue weighted by atomic mass is 9.79. The summed E-state index contributed by atoms with van der Waals surface area (Å²) in [6, 6.07) is 16.6. The smallest absolute Gasteiger partial charge is 0.112 e. The van der Waals surface area contributed by atoms with Gasteiger partial charge in [0.15, 0.2) is 0 Å². The minimum Gasteiger partial charge on any atom is -0.381 e. The van der Waals surface area contributed by atoms with Crippen LogP contribution in [0.1, 0.15) is 54.4 Å². The molecule has 0 radical (unpaired) electrons. The molecule has 1 fully saturated rings. The van der Waals surface area contributed by atoms with Crippen LogP contribution in [0.5, 0.6) is 0 Å². The standard InChI is InChI=1S/C19H22O/c1-14-6-10-17(11-7-14)19(2,20)18-12-8-16(9-13-18)15-4-3-5-15/h6-13,15,20H,3-5H2,1-2H3. The van der Waals surface area contributed by atoms with Gasteiger partial charge in [0.25, 0.3) is 0 Å². The summed E-state index contributed by atoms with van der Waals surface area (Å²) in [7, 11) is 0. The van der Waals surface area contributed by atoms with Crippen molar-refractivity contribution in [3.63, 3.8) is 0 Å². The number of aryl methyl sites for hydroxylation is 1. The van der Waals surface area contributed by atoms with Gasteiger partial charge in [-0.3, -0.25) is 0 Å². The van der Waals surface area contributed by atoms with Gasteiger partial charge in [0.2, 0.25) is 0 Å². The molecule has 3 rings (SSSR count). The SMILES string of the molecule is Cc1ccc(C(C)(O)c2ccc(C3CCC3)cc2)cc1. The molecule has 1 heteroatoms. The highest BCUT2D eigenvalue weighted by Crippen LogP contribution is 2.37. The topological polar surface area (TPSA) is 20.2 Å². The van der Waals surface area contributed by atoms with E-state index in [9.17, 15) is 5.11 Å². The molecule has 1 nitrogen and oxygen atoms in total. The predicted octanol–water partition coefficient (Wildman–Crippen LogP) is 4.52. The van der Waals surface area contributed by atoms with E-state index < -0.39 is 5.60 Å². The average molecular weight is 266 g/mol. The van der Waals surface area contributed by atoms with Gasteiger partial charge in [-0.05, 0) is 49.3 Å². The molecule has 1 N–H and O–H groups in total. The highest BCUT2D eigenvalue weighted by molar-refractivity contribution is 5.38. The summed E-state index contributed by atoms with van der Waals surface area (Å²) in [5.74, 6) is 0.744. The zero-order valence-electron chi connectivity index (χ0n) is 12.3. The summed E-state index contributed by atoms with van der Waals surface area (Å²) < 4.78 is 0. The number of rotatable bonds is 3. The monoisotopic (exact) mass is 266 g/mol. The van der Waals surface area contributed by atoms with E-state index in [0.717, 1.165) is 17.0 Å². The van der Waals surface area contributed by atoms with Crippen LogP contribution in [0.2, 0.25) is 0 Å². The van der Waals surface area contributed by atoms with Gasteiger partial charge in [0.05, 0.1) is 0 Å². The summed E-state index contributed by atoms with van der Waals surface area (Å²) in [4.78, 5) is 0. The summed E-state index contributed by atoms with van der Waals surface area (Å²) in [6.07, 6.45) is 3.98. The minimum atomic E-state index is -0.925. The van der Waals surface area contributed by atoms with Crippen LogP contribution in [0.3, 0.4) is 0 Å². The van der Waals surface area contributed by atoms with Gasteiger partial charge in [-0.25, -0.2) is 0 Å². The third-order valence-corrected chi connectivity index (χ3v) is 4.66. The van der Waals surface area contributed by atoms with E-state index in [-0.39, 0.29) is 0 Å². The van der Waals surface area contributed by atoms with Gasteiger partial charge >= 0.3 is 0 Å². The van der Waals surface area contributed by atoms with Crippen molar-refractivity contribution >= 4 is 0 Å². The Morgan fingerprint density at radius 3 is 1.85 bits per heavy atom. The van der Waals surface area contributed by atoms with Crippen LogP contribution in [0.4, 0.5) is 0 Å². The third kappa shape index (κ3) is 2.38. The van der Waals surface area contributed by atoms with Gasteiger partial charge in [-0.1, -0.05) is 60.5 Å². The molecule has 0 bridgehead atoms. The fraction of sp³-hybridized carbons (Fsp3) is 0.368. The molecule has 1 saturated carbocycles. The van der Waals surface area contributed by atoms with Crippen molar-refractivity contribution < 1.29 is 5.11 Å². The van der Waals surface area contributed by atoms with Crippen molar-refractivity contribution in [2.24, 2.45) is 0 Å². The molecule has 1 unspecified atom stereocenters. The Bertz CT molecular complexity index is 574. The minimum absolute atomic E-state index is 0.744. The quantitative estimate of drug-likeness (QED) is 0.866. The zero-order chi connectivity index (χ0) is 14.2. The number of benzene rings is 2. The molecule has 1 aliphatic carbocycles. The first-order valence-corrected chi connectivity index (χ1v) is 7.47. The number of hydrogen-bond acceptors (Lipinski definition) is 1. The lowest BCUT2D eigenvalue weighted by molar-refractivity contribution is 0.102. The lowest BCUT2D eigenvalue weighted by Crippen LogP contribution is -2.22. The van der Waals surface area contributed by atoms with E-state index in [2.05, 4.69) is 31.2 Å². The van der Waals surface area contributed by atoms with Crippen molar-refractivity contribution in [3.05, 3.63) is 70.8 Å². The lowest BCUT2D eigenvalue weighted by Gasteiger charge is -2.28. The van der Waals surface area contributed by atoms with Crippen LogP contribution in [0, 0.1) is 6.92 Å². The molecule has 0 aliphatic heterocycles. The highest BCUT2D eigenvalue weighted by atomic mass is 16.3. The van der Waals surface area contributed by atoms with E-state index in [1.807, 2.05) is 31.2 Å². The van der Waals surface area contributed by atoms with Gasteiger partial charge in [0.1, 0.15) is 5.60 Å². The molecule has 104 valence electrons. The predicted molar refractivity (Wildman–Crippen MR) is 82.9 cm³/mol. The number of hydrogen-bond donors (Lipinski definition) is 1. The largest absolute Gasteiger partial charge is 0.381 e. The van der Waals surface area contributed by atoms with Crippen molar-refractivity contribution in [2.75, 3.05) is 0 Å². The summed E-state index contributed by atoms with van der Waals surface area (Å²) in [5, 5.41) is 10.8. The summed E-state index contributed by atoms with van der Waals surface area (Å²) >= 11 is 0. The Hall–Kier alpha value is -1.60. The van der Waals surface area contributed by atoms with Gasteiger partial charge in [-0.2, -0.15) is 0 Å². The molecule has 20 heavy (non-hydrogen) atoms. The Kier molecular flexibility index (Phi) is 3.39. The van der Waals surface area contributed by atoms with Crippen LogP contribution in [-0.2, 0) is 5.60 Å². The van der Waals surface area contributed by atoms with Crippen LogP contribution in [0.15, 0.2) is 48.5 Å². The van der Waals surface area contributed by atoms with Crippen LogP contribution in [0.25, 0.3) is 0 Å². The van der Waals surface area contributed by atoms with E-state index in [1.165, 1.54) is 30.4 Å². The Balaban J connectivity index is 1.88. The van der Waals surface area contributed by atoms with Crippen LogP contribution >= 0.6 is 0 Å². The van der Waals surface area contributed by atoms with E-state index in [0.29, 0.717) is 0 Å². The third-order valence-electron chi connectivity index (χ3n) is 4.66. The van der Waals surface area contributed by atoms with Crippen molar-refractivity contribution in [1.82, 2.24) is 0 Å². The van der Waals surface area contributed by atoms with Gasteiger partial charge in [-0.15, -0.1) is 0 Å². The van der Waals surface area contributed by atoms with Crippen molar-refractivity contribution in [1.29, 1.82) is 0 Å². The van der Waals surface area contributed by atoms with Gasteiger partial charge < -0.3 is 5.11 Å². The maximum absolute atomic E-state index is 10.8. The Labute approximate surface area is 121 Å². The normalized spacial score (nSPS) is 18.4. The summed E-state index contributed by atoms with van der Waals surface area (Å²) in [6.45, 7) is 3.93. The molecule has 2 aromatic rings. The second-order valence-corrected chi connectivity index (χ2v) is 6.19. The molecule has 0 amide bonds. The second-order valence-electron chi connectivity index (χ2n) is 6.19. The van der Waals surface area contributed by atoms with Gasteiger partial charge in [0, 0.05) is 0 Å². The molecule has 0 heterocycles. The van der Waals surface area contributed by atoms with E-state index >= 15 is 0 Å². The molecule has 2 aromatic carbocycles. The first kappa shape index (κ1) is 13.4. The highest BCUT2D eigenvalue weighted by Gasteiger charge is 2.26. The second kappa shape index (κ2) is 5.06. The van der Waals surface area contributed by atoms with E-state index in [4.69, 9.17) is 0 Å². The Morgan fingerprint density at radius 1 is 0.900 bits per heavy atom. The molecule has 1 aliphatic rings. The zero-order valence-corrected chi connectivity index (χ0v) is 12.3. The first-order chi connectivity index (χ1) is 9.57. The maximum atomic E-state index is 10.8. The van der Waals surface area contributed by atoms with Crippen LogP contribution < -0.4 is 0 Å². The van der Waals surface area contributed by atoms with Crippen molar-refractivity contribution in [2.45, 2.75) is 44.6 Å². The molecule has 1 atom stereocenters. The molecular formula is C19H22O. The van der Waals surface area contributed by atoms with E-state index in [1.54, 1.807) is 0 Å². The average Bonchev–Trinajstić information content (AvgIpc) is 2.38. The molecular weight excluding hydrogens is 244 g/mol. The summed E-state index contributed by atoms with van der Waals surface area (Å²) in [5.41, 5.74) is 3.61. The fourth-order valence-electron chi connectivity index (χ4n) is 2.87. The van der Waals surface area contributed by atoms with Crippen molar-refractivity contribution in [3.8, 4) is 0 Å². The number of aliphatic hydroxyl groups is 1. The first-order valence-electron chi connectivity index (χ1n) is 7.47.